The Morgan fingerprint density at radius 1 is 1.33 bits per heavy atom. The van der Waals surface area contributed by atoms with Crippen LogP contribution >= 0.6 is 0 Å². The zero-order chi connectivity index (χ0) is 7.28. The molecule has 1 N–H and O–H groups in total. The summed E-state index contributed by atoms with van der Waals surface area (Å²) in [5, 5.41) is 9.32. The molecular weight excluding hydrogens is 112 g/mol. The van der Waals surface area contributed by atoms with Crippen LogP contribution < -0.4 is 0 Å². The van der Waals surface area contributed by atoms with E-state index in [0.29, 0.717) is 5.92 Å². The molecule has 0 bridgehead atoms. The summed E-state index contributed by atoms with van der Waals surface area (Å²) in [6.07, 6.45) is 3.06. The normalized spacial score (nSPS) is 17.3. The Labute approximate surface area is 58.1 Å². The summed E-state index contributed by atoms with van der Waals surface area (Å²) in [5.41, 5.74) is 0. The van der Waals surface area contributed by atoms with E-state index in [1.54, 1.807) is 0 Å². The number of aliphatic hydroxyl groups is 1. The number of aliphatic hydroxyl groups excluding tert-OH is 1. The van der Waals surface area contributed by atoms with Gasteiger partial charge in [-0.25, -0.2) is 0 Å². The molecule has 0 saturated heterocycles. The number of rotatable bonds is 4. The van der Waals surface area contributed by atoms with Gasteiger partial charge in [-0.15, -0.1) is 0 Å². The molecule has 0 rings (SSSR count). The van der Waals surface area contributed by atoms with Crippen molar-refractivity contribution in [1.82, 2.24) is 0 Å². The molecule has 0 aliphatic carbocycles. The van der Waals surface area contributed by atoms with E-state index in [1.165, 1.54) is 0 Å². The van der Waals surface area contributed by atoms with Crippen molar-refractivity contribution >= 4 is 0 Å². The minimum atomic E-state index is -0.0694. The SMILES string of the molecule is CCC[C@@H](O)[C@@H](C)CC. The van der Waals surface area contributed by atoms with E-state index in [9.17, 15) is 5.11 Å². The van der Waals surface area contributed by atoms with Crippen molar-refractivity contribution in [2.45, 2.75) is 46.1 Å². The van der Waals surface area contributed by atoms with Crippen LogP contribution in [0, 0.1) is 5.92 Å². The molecule has 0 heterocycles. The van der Waals surface area contributed by atoms with Gasteiger partial charge >= 0.3 is 0 Å². The Morgan fingerprint density at radius 2 is 1.89 bits per heavy atom. The van der Waals surface area contributed by atoms with E-state index in [1.807, 2.05) is 0 Å². The second-order valence-electron chi connectivity index (χ2n) is 2.74. The van der Waals surface area contributed by atoms with Crippen LogP contribution in [0.1, 0.15) is 40.0 Å². The van der Waals surface area contributed by atoms with Crippen molar-refractivity contribution in [2.75, 3.05) is 0 Å². The quantitative estimate of drug-likeness (QED) is 0.618. The predicted octanol–water partition coefficient (Wildman–Crippen LogP) is 2.19. The van der Waals surface area contributed by atoms with Crippen LogP contribution in [0.4, 0.5) is 0 Å². The molecule has 0 aromatic rings. The third-order valence-electron chi connectivity index (χ3n) is 1.89. The second-order valence-corrected chi connectivity index (χ2v) is 2.74. The first-order valence-electron chi connectivity index (χ1n) is 3.90. The molecule has 0 aromatic heterocycles. The first kappa shape index (κ1) is 8.96. The summed E-state index contributed by atoms with van der Waals surface area (Å²) >= 11 is 0. The summed E-state index contributed by atoms with van der Waals surface area (Å²) in [4.78, 5) is 0. The van der Waals surface area contributed by atoms with Gasteiger partial charge in [0.05, 0.1) is 6.10 Å². The second kappa shape index (κ2) is 4.80. The van der Waals surface area contributed by atoms with Crippen molar-refractivity contribution in [3.63, 3.8) is 0 Å². The van der Waals surface area contributed by atoms with Crippen LogP contribution in [-0.4, -0.2) is 11.2 Å². The van der Waals surface area contributed by atoms with Crippen LogP contribution in [0.3, 0.4) is 0 Å². The maximum Gasteiger partial charge on any atom is 0.0565 e. The summed E-state index contributed by atoms with van der Waals surface area (Å²) in [6.45, 7) is 6.31. The highest BCUT2D eigenvalue weighted by molar-refractivity contribution is 4.61. The Hall–Kier alpha value is -0.0400. The topological polar surface area (TPSA) is 20.2 Å². The molecule has 2 atom stereocenters. The van der Waals surface area contributed by atoms with E-state index in [0.717, 1.165) is 19.3 Å². The van der Waals surface area contributed by atoms with Gasteiger partial charge in [-0.1, -0.05) is 33.6 Å². The van der Waals surface area contributed by atoms with Gasteiger partial charge in [0.25, 0.3) is 0 Å². The predicted molar refractivity (Wildman–Crippen MR) is 40.4 cm³/mol. The fraction of sp³-hybridized carbons (Fsp3) is 1.00. The van der Waals surface area contributed by atoms with Gasteiger partial charge in [-0.05, 0) is 12.3 Å². The van der Waals surface area contributed by atoms with Crippen LogP contribution in [-0.2, 0) is 0 Å². The van der Waals surface area contributed by atoms with Crippen molar-refractivity contribution in [1.29, 1.82) is 0 Å². The minimum Gasteiger partial charge on any atom is -0.393 e. The molecule has 0 aliphatic rings. The molecule has 1 heteroatoms. The smallest absolute Gasteiger partial charge is 0.0565 e. The fourth-order valence-electron chi connectivity index (χ4n) is 0.852. The van der Waals surface area contributed by atoms with Crippen molar-refractivity contribution in [3.8, 4) is 0 Å². The highest BCUT2D eigenvalue weighted by atomic mass is 16.3. The Kier molecular flexibility index (Phi) is 4.78. The van der Waals surface area contributed by atoms with Gasteiger partial charge < -0.3 is 5.11 Å². The molecule has 56 valence electrons. The lowest BCUT2D eigenvalue weighted by molar-refractivity contribution is 0.105. The Morgan fingerprint density at radius 3 is 2.22 bits per heavy atom. The minimum absolute atomic E-state index is 0.0694. The van der Waals surface area contributed by atoms with E-state index >= 15 is 0 Å². The van der Waals surface area contributed by atoms with Crippen molar-refractivity contribution in [3.05, 3.63) is 0 Å². The first-order valence-corrected chi connectivity index (χ1v) is 3.90. The number of hydrogen-bond acceptors (Lipinski definition) is 1. The molecule has 1 nitrogen and oxygen atoms in total. The maximum atomic E-state index is 9.32. The molecule has 0 unspecified atom stereocenters. The van der Waals surface area contributed by atoms with Crippen LogP contribution in [0.2, 0.25) is 0 Å². The van der Waals surface area contributed by atoms with Gasteiger partial charge in [0.15, 0.2) is 0 Å². The Balaban J connectivity index is 3.32. The van der Waals surface area contributed by atoms with Crippen molar-refractivity contribution in [2.24, 2.45) is 5.92 Å². The third kappa shape index (κ3) is 3.52. The molecule has 0 spiro atoms. The average Bonchev–Trinajstić information content (AvgIpc) is 1.87. The van der Waals surface area contributed by atoms with E-state index < -0.39 is 0 Å². The lowest BCUT2D eigenvalue weighted by Gasteiger charge is -2.15. The van der Waals surface area contributed by atoms with Gasteiger partial charge in [0.1, 0.15) is 0 Å². The molecule has 0 fully saturated rings. The van der Waals surface area contributed by atoms with Crippen LogP contribution in [0.25, 0.3) is 0 Å². The summed E-state index contributed by atoms with van der Waals surface area (Å²) < 4.78 is 0. The van der Waals surface area contributed by atoms with Crippen molar-refractivity contribution < 1.29 is 5.11 Å². The molecular formula is C8H18O. The van der Waals surface area contributed by atoms with E-state index in [2.05, 4.69) is 20.8 Å². The Bertz CT molecular complexity index is 61.6. The summed E-state index contributed by atoms with van der Waals surface area (Å²) in [7, 11) is 0. The van der Waals surface area contributed by atoms with Crippen LogP contribution in [0.5, 0.6) is 0 Å². The van der Waals surface area contributed by atoms with Gasteiger partial charge in [0.2, 0.25) is 0 Å². The maximum absolute atomic E-state index is 9.32. The fourth-order valence-corrected chi connectivity index (χ4v) is 0.852. The number of hydrogen-bond donors (Lipinski definition) is 1. The molecule has 0 amide bonds. The van der Waals surface area contributed by atoms with E-state index in [4.69, 9.17) is 0 Å². The largest absolute Gasteiger partial charge is 0.393 e. The van der Waals surface area contributed by atoms with Gasteiger partial charge in [-0.2, -0.15) is 0 Å². The van der Waals surface area contributed by atoms with E-state index in [-0.39, 0.29) is 6.10 Å². The van der Waals surface area contributed by atoms with Crippen LogP contribution in [0.15, 0.2) is 0 Å². The molecule has 0 radical (unpaired) electrons. The highest BCUT2D eigenvalue weighted by Gasteiger charge is 2.09. The molecule has 0 aromatic carbocycles. The summed E-state index contributed by atoms with van der Waals surface area (Å²) in [6, 6.07) is 0. The standard InChI is InChI=1S/C8H18O/c1-4-6-8(9)7(3)5-2/h7-9H,4-6H2,1-3H3/t7-,8+/m0/s1. The average molecular weight is 130 g/mol. The zero-order valence-corrected chi connectivity index (χ0v) is 6.72. The van der Waals surface area contributed by atoms with Gasteiger partial charge in [0, 0.05) is 0 Å². The summed E-state index contributed by atoms with van der Waals surface area (Å²) in [5.74, 6) is 0.477. The lowest BCUT2D eigenvalue weighted by atomic mass is 9.98. The van der Waals surface area contributed by atoms with Gasteiger partial charge in [-0.3, -0.25) is 0 Å². The third-order valence-corrected chi connectivity index (χ3v) is 1.89. The highest BCUT2D eigenvalue weighted by Crippen LogP contribution is 2.11. The zero-order valence-electron chi connectivity index (χ0n) is 6.72. The first-order chi connectivity index (χ1) is 4.22. The molecule has 9 heavy (non-hydrogen) atoms. The lowest BCUT2D eigenvalue weighted by Crippen LogP contribution is -2.15. The monoisotopic (exact) mass is 130 g/mol. The molecule has 0 aliphatic heterocycles. The molecule has 0 saturated carbocycles.